The molecule has 14 heavy (non-hydrogen) atoms. The minimum absolute atomic E-state index is 0.0531. The Morgan fingerprint density at radius 2 is 2.07 bits per heavy atom. The Hall–Kier alpha value is -1.77. The molecule has 0 aliphatic heterocycles. The lowest BCUT2D eigenvalue weighted by Gasteiger charge is -2.05. The monoisotopic (exact) mass is 192 g/mol. The van der Waals surface area contributed by atoms with Crippen LogP contribution in [0.5, 0.6) is 11.5 Å². The topological polar surface area (TPSA) is 29.5 Å². The van der Waals surface area contributed by atoms with Gasteiger partial charge in [-0.3, -0.25) is 0 Å². The number of hydrogen-bond donors (Lipinski definition) is 1. The summed E-state index contributed by atoms with van der Waals surface area (Å²) in [5.74, 6) is -0.0827. The highest BCUT2D eigenvalue weighted by atomic mass is 19.1. The molecule has 0 unspecified atom stereocenters. The van der Waals surface area contributed by atoms with E-state index in [1.807, 2.05) is 0 Å². The maximum atomic E-state index is 13.5. The predicted octanol–water partition coefficient (Wildman–Crippen LogP) is 2.69. The van der Waals surface area contributed by atoms with Crippen LogP contribution in [-0.2, 0) is 0 Å². The highest BCUT2D eigenvalue weighted by molar-refractivity contribution is 5.89. The molecule has 2 rings (SSSR count). The van der Waals surface area contributed by atoms with Crippen LogP contribution in [0.25, 0.3) is 10.8 Å². The molecule has 0 saturated heterocycles. The molecule has 0 aliphatic carbocycles. The first-order chi connectivity index (χ1) is 6.72. The first kappa shape index (κ1) is 8.81. The fraction of sp³-hybridized carbons (Fsp3) is 0.0909. The number of halogens is 1. The Kier molecular flexibility index (Phi) is 2.00. The van der Waals surface area contributed by atoms with E-state index in [1.165, 1.54) is 19.2 Å². The van der Waals surface area contributed by atoms with Gasteiger partial charge in [-0.1, -0.05) is 12.1 Å². The van der Waals surface area contributed by atoms with Crippen LogP contribution in [0.15, 0.2) is 30.3 Å². The van der Waals surface area contributed by atoms with Gasteiger partial charge in [0.25, 0.3) is 0 Å². The Balaban J connectivity index is 2.83. The van der Waals surface area contributed by atoms with Gasteiger partial charge in [-0.25, -0.2) is 4.39 Å². The van der Waals surface area contributed by atoms with E-state index in [0.717, 1.165) is 0 Å². The molecular weight excluding hydrogens is 183 g/mol. The summed E-state index contributed by atoms with van der Waals surface area (Å²) >= 11 is 0. The first-order valence-corrected chi connectivity index (χ1v) is 4.17. The van der Waals surface area contributed by atoms with Crippen LogP contribution in [0.3, 0.4) is 0 Å². The molecular formula is C11H9FO2. The summed E-state index contributed by atoms with van der Waals surface area (Å²) in [5, 5.41) is 10.3. The number of rotatable bonds is 1. The minimum atomic E-state index is -0.475. The lowest BCUT2D eigenvalue weighted by Crippen LogP contribution is -1.86. The van der Waals surface area contributed by atoms with Gasteiger partial charge in [0.2, 0.25) is 0 Å². The second-order valence-corrected chi connectivity index (χ2v) is 2.98. The fourth-order valence-electron chi connectivity index (χ4n) is 1.45. The van der Waals surface area contributed by atoms with E-state index in [2.05, 4.69) is 0 Å². The van der Waals surface area contributed by atoms with E-state index in [1.54, 1.807) is 18.2 Å². The first-order valence-electron chi connectivity index (χ1n) is 4.17. The van der Waals surface area contributed by atoms with Crippen molar-refractivity contribution in [3.05, 3.63) is 36.1 Å². The summed E-state index contributed by atoms with van der Waals surface area (Å²) < 4.78 is 18.4. The average Bonchev–Trinajstić information content (AvgIpc) is 2.17. The lowest BCUT2D eigenvalue weighted by molar-refractivity contribution is 0.412. The van der Waals surface area contributed by atoms with Gasteiger partial charge in [0, 0.05) is 6.07 Å². The van der Waals surface area contributed by atoms with Gasteiger partial charge in [-0.15, -0.1) is 0 Å². The van der Waals surface area contributed by atoms with Crippen molar-refractivity contribution in [2.24, 2.45) is 0 Å². The van der Waals surface area contributed by atoms with Crippen LogP contribution >= 0.6 is 0 Å². The summed E-state index contributed by atoms with van der Waals surface area (Å²) in [6.45, 7) is 0. The van der Waals surface area contributed by atoms with Gasteiger partial charge in [-0.05, 0) is 17.5 Å². The van der Waals surface area contributed by atoms with Gasteiger partial charge in [0.05, 0.1) is 12.5 Å². The smallest absolute Gasteiger partial charge is 0.138 e. The molecule has 0 radical (unpaired) electrons. The number of benzene rings is 2. The maximum absolute atomic E-state index is 13.5. The largest absolute Gasteiger partial charge is 0.507 e. The third-order valence-electron chi connectivity index (χ3n) is 2.12. The Bertz CT molecular complexity index is 480. The molecule has 0 aliphatic rings. The van der Waals surface area contributed by atoms with Gasteiger partial charge in [0.1, 0.15) is 17.3 Å². The minimum Gasteiger partial charge on any atom is -0.507 e. The molecule has 1 N–H and O–H groups in total. The third kappa shape index (κ3) is 1.27. The van der Waals surface area contributed by atoms with Crippen molar-refractivity contribution in [3.63, 3.8) is 0 Å². The molecule has 0 aromatic heterocycles. The highest BCUT2D eigenvalue weighted by Gasteiger charge is 2.07. The van der Waals surface area contributed by atoms with Crippen molar-refractivity contribution in [1.82, 2.24) is 0 Å². The number of aromatic hydroxyl groups is 1. The Morgan fingerprint density at radius 3 is 2.79 bits per heavy atom. The van der Waals surface area contributed by atoms with E-state index in [-0.39, 0.29) is 11.1 Å². The number of hydrogen-bond acceptors (Lipinski definition) is 2. The molecule has 0 atom stereocenters. The van der Waals surface area contributed by atoms with E-state index in [9.17, 15) is 9.50 Å². The zero-order valence-corrected chi connectivity index (χ0v) is 7.62. The van der Waals surface area contributed by atoms with Gasteiger partial charge < -0.3 is 9.84 Å². The SMILES string of the molecule is COc1cc(F)c2c(O)cccc2c1. The predicted molar refractivity (Wildman–Crippen MR) is 52.1 cm³/mol. The molecule has 2 aromatic rings. The standard InChI is InChI=1S/C11H9FO2/c1-14-8-5-7-3-2-4-10(13)11(7)9(12)6-8/h2-6,13H,1H3. The summed E-state index contributed by atoms with van der Waals surface area (Å²) in [6, 6.07) is 7.77. The van der Waals surface area contributed by atoms with Crippen LogP contribution in [0.4, 0.5) is 4.39 Å². The van der Waals surface area contributed by atoms with Crippen molar-refractivity contribution in [2.45, 2.75) is 0 Å². The molecule has 0 saturated carbocycles. The van der Waals surface area contributed by atoms with E-state index in [4.69, 9.17) is 4.74 Å². The Morgan fingerprint density at radius 1 is 1.29 bits per heavy atom. The molecule has 0 heterocycles. The molecule has 2 aromatic carbocycles. The summed E-state index contributed by atoms with van der Waals surface area (Å²) in [7, 11) is 1.48. The second-order valence-electron chi connectivity index (χ2n) is 2.98. The lowest BCUT2D eigenvalue weighted by atomic mass is 10.1. The summed E-state index contributed by atoms with van der Waals surface area (Å²) in [4.78, 5) is 0. The number of ether oxygens (including phenoxy) is 1. The van der Waals surface area contributed by atoms with Crippen LogP contribution in [0.1, 0.15) is 0 Å². The molecule has 0 bridgehead atoms. The maximum Gasteiger partial charge on any atom is 0.138 e. The highest BCUT2D eigenvalue weighted by Crippen LogP contribution is 2.30. The van der Waals surface area contributed by atoms with Crippen molar-refractivity contribution >= 4 is 10.8 Å². The summed E-state index contributed by atoms with van der Waals surface area (Å²) in [6.07, 6.45) is 0. The number of fused-ring (bicyclic) bond motifs is 1. The van der Waals surface area contributed by atoms with Gasteiger partial charge in [-0.2, -0.15) is 0 Å². The molecule has 72 valence electrons. The zero-order chi connectivity index (χ0) is 10.1. The fourth-order valence-corrected chi connectivity index (χ4v) is 1.45. The summed E-state index contributed by atoms with van der Waals surface area (Å²) in [5.41, 5.74) is 0. The quantitative estimate of drug-likeness (QED) is 0.752. The van der Waals surface area contributed by atoms with Crippen molar-refractivity contribution in [2.75, 3.05) is 7.11 Å². The number of phenolic OH excluding ortho intramolecular Hbond substituents is 1. The van der Waals surface area contributed by atoms with Crippen LogP contribution in [0, 0.1) is 5.82 Å². The number of methoxy groups -OCH3 is 1. The second kappa shape index (κ2) is 3.18. The average molecular weight is 192 g/mol. The van der Waals surface area contributed by atoms with E-state index >= 15 is 0 Å². The van der Waals surface area contributed by atoms with E-state index in [0.29, 0.717) is 11.1 Å². The van der Waals surface area contributed by atoms with Crippen molar-refractivity contribution < 1.29 is 14.2 Å². The third-order valence-corrected chi connectivity index (χ3v) is 2.12. The van der Waals surface area contributed by atoms with Crippen LogP contribution in [0.2, 0.25) is 0 Å². The zero-order valence-electron chi connectivity index (χ0n) is 7.62. The van der Waals surface area contributed by atoms with Crippen molar-refractivity contribution in [1.29, 1.82) is 0 Å². The molecule has 0 spiro atoms. The Labute approximate surface area is 80.6 Å². The van der Waals surface area contributed by atoms with Gasteiger partial charge in [0.15, 0.2) is 0 Å². The molecule has 0 fully saturated rings. The molecule has 2 nitrogen and oxygen atoms in total. The normalized spacial score (nSPS) is 10.4. The van der Waals surface area contributed by atoms with Crippen molar-refractivity contribution in [3.8, 4) is 11.5 Å². The molecule has 3 heteroatoms. The van der Waals surface area contributed by atoms with Crippen LogP contribution < -0.4 is 4.74 Å². The molecule has 0 amide bonds. The van der Waals surface area contributed by atoms with Crippen LogP contribution in [-0.4, -0.2) is 12.2 Å². The van der Waals surface area contributed by atoms with Gasteiger partial charge >= 0.3 is 0 Å². The number of phenols is 1. The van der Waals surface area contributed by atoms with E-state index < -0.39 is 5.82 Å².